The van der Waals surface area contributed by atoms with Crippen LogP contribution in [-0.4, -0.2) is 15.3 Å². The van der Waals surface area contributed by atoms with Crippen molar-refractivity contribution in [2.45, 2.75) is 33.0 Å². The Labute approximate surface area is 194 Å². The molecule has 0 bridgehead atoms. The maximum Gasteiger partial charge on any atom is 0.417 e. The number of hydrogen-bond acceptors (Lipinski definition) is 2. The van der Waals surface area contributed by atoms with Crippen molar-refractivity contribution in [2.24, 2.45) is 0 Å². The van der Waals surface area contributed by atoms with E-state index >= 15 is 0 Å². The van der Waals surface area contributed by atoms with E-state index in [2.05, 4.69) is 5.32 Å². The molecule has 2 heterocycles. The van der Waals surface area contributed by atoms with E-state index in [1.165, 1.54) is 12.1 Å². The number of halogens is 4. The fourth-order valence-corrected chi connectivity index (χ4v) is 3.94. The zero-order valence-electron chi connectivity index (χ0n) is 18.0. The molecule has 4 aromatic rings. The standard InChI is InChI=1S/C25H21ClF3N3O/c1-15-3-7-18(8-4-15)24-21(32-14-16(2)5-10-22(32)31-24)12-23(33)30-13-17-6-9-19(20(26)11-17)25(27,28)29/h3-11,14H,12-13H2,1-2H3,(H,30,33). The van der Waals surface area contributed by atoms with Gasteiger partial charge in [-0.2, -0.15) is 13.2 Å². The molecule has 2 aromatic heterocycles. The Bertz CT molecular complexity index is 1330. The van der Waals surface area contributed by atoms with Gasteiger partial charge in [0.1, 0.15) is 5.65 Å². The van der Waals surface area contributed by atoms with Crippen LogP contribution in [0.2, 0.25) is 5.02 Å². The average Bonchev–Trinajstić information content (AvgIpc) is 3.09. The number of carbonyl (C=O) groups excluding carboxylic acids is 1. The summed E-state index contributed by atoms with van der Waals surface area (Å²) in [7, 11) is 0. The first-order valence-electron chi connectivity index (χ1n) is 10.3. The maximum absolute atomic E-state index is 12.9. The van der Waals surface area contributed by atoms with E-state index < -0.39 is 16.8 Å². The molecule has 0 spiro atoms. The first-order valence-corrected chi connectivity index (χ1v) is 10.7. The second-order valence-corrected chi connectivity index (χ2v) is 8.38. The average molecular weight is 472 g/mol. The quantitative estimate of drug-likeness (QED) is 0.379. The number of nitrogens with zero attached hydrogens (tertiary/aromatic N) is 2. The highest BCUT2D eigenvalue weighted by atomic mass is 35.5. The molecule has 0 atom stereocenters. The predicted molar refractivity (Wildman–Crippen MR) is 122 cm³/mol. The van der Waals surface area contributed by atoms with E-state index in [1.807, 2.05) is 60.8 Å². The van der Waals surface area contributed by atoms with Crippen molar-refractivity contribution in [3.05, 3.63) is 93.8 Å². The molecule has 4 rings (SSSR count). The van der Waals surface area contributed by atoms with E-state index in [0.29, 0.717) is 11.3 Å². The molecular formula is C25H21ClF3N3O. The number of aryl methyl sites for hydroxylation is 2. The first-order chi connectivity index (χ1) is 15.6. The first kappa shape index (κ1) is 22.9. The molecule has 0 fully saturated rings. The van der Waals surface area contributed by atoms with Crippen LogP contribution in [0, 0.1) is 13.8 Å². The lowest BCUT2D eigenvalue weighted by Crippen LogP contribution is -2.25. The van der Waals surface area contributed by atoms with Crippen LogP contribution in [0.25, 0.3) is 16.9 Å². The van der Waals surface area contributed by atoms with Crippen LogP contribution in [0.1, 0.15) is 27.9 Å². The Morgan fingerprint density at radius 2 is 1.73 bits per heavy atom. The van der Waals surface area contributed by atoms with E-state index in [4.69, 9.17) is 16.6 Å². The van der Waals surface area contributed by atoms with E-state index in [1.54, 1.807) is 0 Å². The molecule has 33 heavy (non-hydrogen) atoms. The van der Waals surface area contributed by atoms with Gasteiger partial charge in [-0.3, -0.25) is 4.79 Å². The number of nitrogens with one attached hydrogen (secondary N) is 1. The van der Waals surface area contributed by atoms with Crippen LogP contribution in [0.3, 0.4) is 0 Å². The van der Waals surface area contributed by atoms with Gasteiger partial charge in [0.25, 0.3) is 0 Å². The van der Waals surface area contributed by atoms with Gasteiger partial charge >= 0.3 is 6.18 Å². The summed E-state index contributed by atoms with van der Waals surface area (Å²) < 4.78 is 40.6. The molecular weight excluding hydrogens is 451 g/mol. The third-order valence-corrected chi connectivity index (χ3v) is 5.66. The number of fused-ring (bicyclic) bond motifs is 1. The fourth-order valence-electron chi connectivity index (χ4n) is 3.62. The molecule has 0 aliphatic carbocycles. The van der Waals surface area contributed by atoms with Gasteiger partial charge in [-0.15, -0.1) is 0 Å². The van der Waals surface area contributed by atoms with E-state index in [-0.39, 0.29) is 18.9 Å². The van der Waals surface area contributed by atoms with Crippen molar-refractivity contribution in [1.29, 1.82) is 0 Å². The van der Waals surface area contributed by atoms with Crippen molar-refractivity contribution >= 4 is 23.2 Å². The van der Waals surface area contributed by atoms with Gasteiger partial charge in [0.2, 0.25) is 5.91 Å². The highest BCUT2D eigenvalue weighted by Crippen LogP contribution is 2.35. The number of aromatic nitrogens is 2. The Morgan fingerprint density at radius 1 is 1.03 bits per heavy atom. The summed E-state index contributed by atoms with van der Waals surface area (Å²) >= 11 is 5.78. The third-order valence-electron chi connectivity index (χ3n) is 5.35. The van der Waals surface area contributed by atoms with Crippen molar-refractivity contribution in [1.82, 2.24) is 14.7 Å². The maximum atomic E-state index is 12.9. The van der Waals surface area contributed by atoms with Gasteiger partial charge in [0.05, 0.1) is 28.4 Å². The molecule has 2 aromatic carbocycles. The fraction of sp³-hybridized carbons (Fsp3) is 0.200. The van der Waals surface area contributed by atoms with Crippen LogP contribution in [0.5, 0.6) is 0 Å². The number of pyridine rings is 1. The zero-order chi connectivity index (χ0) is 23.8. The van der Waals surface area contributed by atoms with Crippen molar-refractivity contribution in [3.63, 3.8) is 0 Å². The third kappa shape index (κ3) is 5.03. The second kappa shape index (κ2) is 8.90. The number of hydrogen-bond donors (Lipinski definition) is 1. The molecule has 8 heteroatoms. The number of amides is 1. The number of rotatable bonds is 5. The number of benzene rings is 2. The molecule has 0 saturated carbocycles. The molecule has 0 saturated heterocycles. The molecule has 1 amide bonds. The smallest absolute Gasteiger partial charge is 0.352 e. The van der Waals surface area contributed by atoms with Crippen LogP contribution in [-0.2, 0) is 23.9 Å². The minimum atomic E-state index is -4.52. The minimum Gasteiger partial charge on any atom is -0.352 e. The Hall–Kier alpha value is -3.32. The molecule has 170 valence electrons. The van der Waals surface area contributed by atoms with Gasteiger partial charge in [-0.05, 0) is 43.2 Å². The number of carbonyl (C=O) groups is 1. The van der Waals surface area contributed by atoms with Crippen molar-refractivity contribution in [3.8, 4) is 11.3 Å². The minimum absolute atomic E-state index is 0.0577. The lowest BCUT2D eigenvalue weighted by molar-refractivity contribution is -0.137. The summed E-state index contributed by atoms with van der Waals surface area (Å²) in [5.41, 5.74) is 4.81. The molecule has 0 radical (unpaired) electrons. The number of imidazole rings is 1. The lowest BCUT2D eigenvalue weighted by Gasteiger charge is -2.11. The molecule has 4 nitrogen and oxygen atoms in total. The topological polar surface area (TPSA) is 46.4 Å². The molecule has 0 aliphatic heterocycles. The van der Waals surface area contributed by atoms with Crippen LogP contribution in [0.4, 0.5) is 13.2 Å². The van der Waals surface area contributed by atoms with Gasteiger partial charge in [0, 0.05) is 18.3 Å². The van der Waals surface area contributed by atoms with Crippen molar-refractivity contribution in [2.75, 3.05) is 0 Å². The SMILES string of the molecule is Cc1ccc(-c2nc3ccc(C)cn3c2CC(=O)NCc2ccc(C(F)(F)F)c(Cl)c2)cc1. The Morgan fingerprint density at radius 3 is 2.39 bits per heavy atom. The van der Waals surface area contributed by atoms with Gasteiger partial charge < -0.3 is 9.72 Å². The number of alkyl halides is 3. The summed E-state index contributed by atoms with van der Waals surface area (Å²) in [6.07, 6.45) is -2.53. The van der Waals surface area contributed by atoms with E-state index in [0.717, 1.165) is 34.1 Å². The predicted octanol–water partition coefficient (Wildman–Crippen LogP) is 6.15. The summed E-state index contributed by atoms with van der Waals surface area (Å²) in [6.45, 7) is 4.02. The monoisotopic (exact) mass is 471 g/mol. The summed E-state index contributed by atoms with van der Waals surface area (Å²) in [4.78, 5) is 17.5. The Balaban J connectivity index is 1.57. The summed E-state index contributed by atoms with van der Waals surface area (Å²) in [5, 5.41) is 2.37. The van der Waals surface area contributed by atoms with Crippen molar-refractivity contribution < 1.29 is 18.0 Å². The van der Waals surface area contributed by atoms with E-state index in [9.17, 15) is 18.0 Å². The van der Waals surface area contributed by atoms with Gasteiger partial charge in [-0.25, -0.2) is 4.98 Å². The molecule has 1 N–H and O–H groups in total. The second-order valence-electron chi connectivity index (χ2n) is 7.97. The normalized spacial score (nSPS) is 11.7. The molecule has 0 unspecified atom stereocenters. The highest BCUT2D eigenvalue weighted by Gasteiger charge is 2.33. The largest absolute Gasteiger partial charge is 0.417 e. The molecule has 0 aliphatic rings. The highest BCUT2D eigenvalue weighted by molar-refractivity contribution is 6.31. The van der Waals surface area contributed by atoms with Crippen LogP contribution in [0.15, 0.2) is 60.8 Å². The Kier molecular flexibility index (Phi) is 6.17. The summed E-state index contributed by atoms with van der Waals surface area (Å²) in [5.74, 6) is -0.275. The van der Waals surface area contributed by atoms with Crippen LogP contribution >= 0.6 is 11.6 Å². The van der Waals surface area contributed by atoms with Crippen LogP contribution < -0.4 is 5.32 Å². The summed E-state index contributed by atoms with van der Waals surface area (Å²) in [6, 6.07) is 15.2. The van der Waals surface area contributed by atoms with Gasteiger partial charge in [0.15, 0.2) is 0 Å². The lowest BCUT2D eigenvalue weighted by atomic mass is 10.1. The van der Waals surface area contributed by atoms with Gasteiger partial charge in [-0.1, -0.05) is 53.6 Å². The zero-order valence-corrected chi connectivity index (χ0v) is 18.8.